The molecule has 0 amide bonds. The first kappa shape index (κ1) is 29.4. The van der Waals surface area contributed by atoms with E-state index in [0.29, 0.717) is 12.6 Å². The van der Waals surface area contributed by atoms with E-state index >= 15 is 0 Å². The van der Waals surface area contributed by atoms with Gasteiger partial charge in [-0.25, -0.2) is 0 Å². The number of benzene rings is 4. The van der Waals surface area contributed by atoms with E-state index in [-0.39, 0.29) is 3.18 Å². The monoisotopic (exact) mass is 805 g/mol. The molecule has 0 saturated heterocycles. The van der Waals surface area contributed by atoms with Gasteiger partial charge in [0, 0.05) is 52.5 Å². The largest absolute Gasteiger partial charge is 0.508 e. The van der Waals surface area contributed by atoms with Crippen LogP contribution in [0.2, 0.25) is 0 Å². The normalized spacial score (nSPS) is 11.1. The number of ether oxygens (including phenoxy) is 1. The average molecular weight is 808 g/mol. The Bertz CT molecular complexity index is 2110. The molecule has 0 aliphatic rings. The van der Waals surface area contributed by atoms with Crippen molar-refractivity contribution in [3.8, 4) is 11.5 Å². The van der Waals surface area contributed by atoms with Crippen molar-refractivity contribution in [1.29, 1.82) is 0 Å². The van der Waals surface area contributed by atoms with E-state index in [1.165, 1.54) is 59.1 Å². The van der Waals surface area contributed by atoms with E-state index in [2.05, 4.69) is 108 Å². The minimum absolute atomic E-state index is 0.271. The van der Waals surface area contributed by atoms with Gasteiger partial charge in [-0.3, -0.25) is 0 Å². The highest BCUT2D eigenvalue weighted by Crippen LogP contribution is 2.46. The summed E-state index contributed by atoms with van der Waals surface area (Å²) in [7, 11) is 1.72. The van der Waals surface area contributed by atoms with Crippen LogP contribution in [0.25, 0.3) is 59.1 Å². The number of aromatic hydroxyl groups is 1. The Balaban J connectivity index is 0.000000138. The number of fused-ring (bicyclic) bond motifs is 10. The third kappa shape index (κ3) is 6.49. The van der Waals surface area contributed by atoms with Gasteiger partial charge < -0.3 is 9.84 Å². The summed E-state index contributed by atoms with van der Waals surface area (Å²) in [6.07, 6.45) is 0. The quantitative estimate of drug-likeness (QED) is 0.167. The molecule has 2 nitrogen and oxygen atoms in total. The summed E-state index contributed by atoms with van der Waals surface area (Å²) in [5.74, 6) is 1.27. The second-order valence-corrected chi connectivity index (χ2v) is 19.7. The zero-order valence-corrected chi connectivity index (χ0v) is 30.0. The predicted octanol–water partition coefficient (Wildman–Crippen LogP) is 13.4. The highest BCUT2D eigenvalue weighted by Gasteiger charge is 2.13. The maximum Gasteiger partial charge on any atom is 0.369 e. The topological polar surface area (TPSA) is 29.5 Å². The molecule has 0 unspecified atom stereocenters. The summed E-state index contributed by atoms with van der Waals surface area (Å²) < 4.78 is 19.8. The Morgan fingerprint density at radius 1 is 0.659 bits per heavy atom. The molecule has 1 N–H and O–H groups in total. The Morgan fingerprint density at radius 2 is 1.07 bits per heavy atom. The highest BCUT2D eigenvalue weighted by molar-refractivity contribution is 9.69. The van der Waals surface area contributed by atoms with Gasteiger partial charge in [-0.2, -0.15) is 0 Å². The van der Waals surface area contributed by atoms with Crippen LogP contribution < -0.4 is 4.74 Å². The number of rotatable bonds is 1. The van der Waals surface area contributed by atoms with Crippen molar-refractivity contribution >= 4 is 155 Å². The van der Waals surface area contributed by atoms with Crippen molar-refractivity contribution in [3.05, 3.63) is 84.9 Å². The summed E-state index contributed by atoms with van der Waals surface area (Å²) >= 11 is 16.7. The molecule has 8 aromatic rings. The van der Waals surface area contributed by atoms with Crippen molar-refractivity contribution in [2.75, 3.05) is 7.11 Å². The molecule has 41 heavy (non-hydrogen) atoms. The fourth-order valence-corrected chi connectivity index (χ4v) is 9.79. The van der Waals surface area contributed by atoms with E-state index in [0.717, 1.165) is 5.75 Å². The lowest BCUT2D eigenvalue weighted by molar-refractivity contribution is 0.415. The molecule has 4 aromatic heterocycles. The first-order valence-corrected chi connectivity index (χ1v) is 18.5. The zero-order valence-electron chi connectivity index (χ0n) is 23.0. The summed E-state index contributed by atoms with van der Waals surface area (Å²) in [6, 6.07) is 29.0. The third-order valence-corrected chi connectivity index (χ3v) is 11.1. The molecule has 0 fully saturated rings. The number of hydrogen-bond acceptors (Lipinski definition) is 6. The fraction of sp³-hybridized carbons (Fsp3) is 0.0968. The van der Waals surface area contributed by atoms with Gasteiger partial charge in [-0.05, 0) is 48.5 Å². The zero-order chi connectivity index (χ0) is 29.8. The van der Waals surface area contributed by atoms with Crippen molar-refractivity contribution in [2.24, 2.45) is 0 Å². The van der Waals surface area contributed by atoms with Crippen LogP contribution >= 0.6 is 92.6 Å². The number of thiophene rings is 4. The van der Waals surface area contributed by atoms with Gasteiger partial charge in [-0.15, -0.1) is 92.6 Å². The van der Waals surface area contributed by atoms with Crippen LogP contribution in [0.3, 0.4) is 0 Å². The lowest BCUT2D eigenvalue weighted by atomic mass is 10.1. The number of phenols is 1. The SMILES string of the molecule is BrB(Br)Br.COc1ccc2sc3sc4ccccc4c3c2c1.Oc1ccc2sc3sc4ccccc4c3c2c1.[2H]CC. The van der Waals surface area contributed by atoms with Crippen LogP contribution in [0.15, 0.2) is 84.9 Å². The van der Waals surface area contributed by atoms with E-state index < -0.39 is 0 Å². The molecule has 0 aliphatic carbocycles. The molecule has 0 spiro atoms. The van der Waals surface area contributed by atoms with Crippen LogP contribution in [0, 0.1) is 0 Å². The number of hydrogen-bond donors (Lipinski definition) is 1. The summed E-state index contributed by atoms with van der Waals surface area (Å²) in [6.45, 7) is 2.29. The average Bonchev–Trinajstić information content (AvgIpc) is 3.70. The second-order valence-electron chi connectivity index (χ2n) is 8.52. The molecular formula is C31H24BBr3O2S4. The number of halogens is 3. The maximum absolute atomic E-state index is 9.63. The summed E-state index contributed by atoms with van der Waals surface area (Å²) in [5.41, 5.74) is 0. The Morgan fingerprint density at radius 3 is 1.56 bits per heavy atom. The smallest absolute Gasteiger partial charge is 0.369 e. The number of methoxy groups -OCH3 is 1. The Kier molecular flexibility index (Phi) is 9.87. The molecular weight excluding hydrogens is 783 g/mol. The molecule has 0 radical (unpaired) electrons. The minimum Gasteiger partial charge on any atom is -0.508 e. The van der Waals surface area contributed by atoms with Crippen molar-refractivity contribution in [3.63, 3.8) is 0 Å². The maximum atomic E-state index is 9.63. The molecule has 0 atom stereocenters. The predicted molar refractivity (Wildman–Crippen MR) is 202 cm³/mol. The highest BCUT2D eigenvalue weighted by atomic mass is 79.9. The second kappa shape index (κ2) is 13.8. The number of phenolic OH excluding ortho intramolecular Hbond substituents is 1. The Hall–Kier alpha value is -1.66. The molecule has 8 rings (SSSR count). The Labute approximate surface area is 281 Å². The lowest BCUT2D eigenvalue weighted by Gasteiger charge is -1.99. The van der Waals surface area contributed by atoms with Crippen LogP contribution in [0.1, 0.15) is 15.2 Å². The van der Waals surface area contributed by atoms with E-state index in [4.69, 9.17) is 6.11 Å². The molecule has 4 aromatic carbocycles. The van der Waals surface area contributed by atoms with E-state index in [9.17, 15) is 5.11 Å². The van der Waals surface area contributed by atoms with Gasteiger partial charge in [-0.1, -0.05) is 50.2 Å². The van der Waals surface area contributed by atoms with Crippen LogP contribution in [0.5, 0.6) is 11.5 Å². The van der Waals surface area contributed by atoms with E-state index in [1.807, 2.05) is 52.2 Å². The molecule has 10 heteroatoms. The van der Waals surface area contributed by atoms with Crippen LogP contribution in [0.4, 0.5) is 0 Å². The van der Waals surface area contributed by atoms with Gasteiger partial charge in [0.05, 0.1) is 15.1 Å². The van der Waals surface area contributed by atoms with Crippen LogP contribution in [-0.2, 0) is 0 Å². The summed E-state index contributed by atoms with van der Waals surface area (Å²) in [5, 5.41) is 17.4. The van der Waals surface area contributed by atoms with E-state index in [1.54, 1.807) is 31.4 Å². The summed E-state index contributed by atoms with van der Waals surface area (Å²) in [4.78, 5) is 0. The van der Waals surface area contributed by atoms with Gasteiger partial charge in [0.2, 0.25) is 0 Å². The van der Waals surface area contributed by atoms with Crippen molar-refractivity contribution in [2.45, 2.75) is 13.8 Å². The molecule has 0 aliphatic heterocycles. The molecule has 4 heterocycles. The van der Waals surface area contributed by atoms with Gasteiger partial charge in [0.1, 0.15) is 11.5 Å². The van der Waals surface area contributed by atoms with Crippen molar-refractivity contribution < 1.29 is 11.2 Å². The van der Waals surface area contributed by atoms with Crippen LogP contribution in [-0.4, -0.2) is 15.4 Å². The molecule has 0 bridgehead atoms. The third-order valence-electron chi connectivity index (χ3n) is 6.22. The first-order chi connectivity index (χ1) is 20.3. The van der Waals surface area contributed by atoms with Crippen molar-refractivity contribution in [1.82, 2.24) is 0 Å². The first-order valence-electron chi connectivity index (χ1n) is 13.2. The van der Waals surface area contributed by atoms with Gasteiger partial charge >= 0.3 is 3.18 Å². The standard InChI is InChI=1S/C15H10OS2.C14H8OS2.C2H6.BBr3/c1-16-9-6-7-13-11(8-9)14-10-4-2-3-5-12(10)17-15(14)18-13;15-8-5-6-12-10(7-8)13-9-3-1-2-4-11(9)16-14(13)17-12;1-2;2-1(3)4/h2-8H,1H3;1-7,15H;1-2H3;/i;;1D;. The fourth-order valence-electron chi connectivity index (χ4n) is 4.62. The van der Waals surface area contributed by atoms with Gasteiger partial charge in [0.25, 0.3) is 0 Å². The molecule has 0 saturated carbocycles. The lowest BCUT2D eigenvalue weighted by Crippen LogP contribution is -1.80. The minimum atomic E-state index is 0.271. The molecule has 208 valence electrons. The van der Waals surface area contributed by atoms with Gasteiger partial charge in [0.15, 0.2) is 0 Å².